The lowest BCUT2D eigenvalue weighted by molar-refractivity contribution is -0.123. The Morgan fingerprint density at radius 2 is 1.94 bits per heavy atom. The van der Waals surface area contributed by atoms with Crippen molar-refractivity contribution < 1.29 is 23.5 Å². The Labute approximate surface area is 202 Å². The number of carbonyl (C=O) groups excluding carboxylic acids is 2. The molecule has 0 bridgehead atoms. The van der Waals surface area contributed by atoms with Crippen molar-refractivity contribution in [2.75, 3.05) is 18.5 Å². The van der Waals surface area contributed by atoms with Gasteiger partial charge in [-0.2, -0.15) is 0 Å². The van der Waals surface area contributed by atoms with Gasteiger partial charge in [0.15, 0.2) is 23.2 Å². The van der Waals surface area contributed by atoms with E-state index in [1.807, 2.05) is 25.1 Å². The third kappa shape index (κ3) is 5.62. The minimum Gasteiger partial charge on any atom is -0.490 e. The summed E-state index contributed by atoms with van der Waals surface area (Å²) in [7, 11) is 0. The number of thiocarbonyl (C=S) groups is 1. The molecule has 4 rings (SSSR count). The van der Waals surface area contributed by atoms with E-state index in [-0.39, 0.29) is 25.0 Å². The molecular formula is C25H23N3O5S. The fourth-order valence-electron chi connectivity index (χ4n) is 3.30. The summed E-state index contributed by atoms with van der Waals surface area (Å²) < 4.78 is 16.7. The third-order valence-corrected chi connectivity index (χ3v) is 5.17. The van der Waals surface area contributed by atoms with Crippen molar-refractivity contribution >= 4 is 40.9 Å². The summed E-state index contributed by atoms with van der Waals surface area (Å²) in [6, 6.07) is 17.9. The average Bonchev–Trinajstić information content (AvgIpc) is 3.44. The van der Waals surface area contributed by atoms with Crippen molar-refractivity contribution in [1.29, 1.82) is 0 Å². The average molecular weight is 478 g/mol. The van der Waals surface area contributed by atoms with Crippen LogP contribution in [0.2, 0.25) is 0 Å². The largest absolute Gasteiger partial charge is 0.490 e. The Kier molecular flexibility index (Phi) is 7.24. The van der Waals surface area contributed by atoms with E-state index in [1.165, 1.54) is 4.90 Å². The molecule has 0 atom stereocenters. The van der Waals surface area contributed by atoms with Gasteiger partial charge in [0, 0.05) is 5.69 Å². The molecule has 8 nitrogen and oxygen atoms in total. The van der Waals surface area contributed by atoms with E-state index < -0.39 is 0 Å². The molecule has 2 N–H and O–H groups in total. The number of benzene rings is 2. The molecule has 1 aromatic heterocycles. The number of hydrogen-bond acceptors (Lipinski definition) is 6. The second-order valence-electron chi connectivity index (χ2n) is 7.30. The van der Waals surface area contributed by atoms with Crippen LogP contribution in [0, 0.1) is 0 Å². The first kappa shape index (κ1) is 23.1. The van der Waals surface area contributed by atoms with E-state index in [9.17, 15) is 9.59 Å². The summed E-state index contributed by atoms with van der Waals surface area (Å²) in [6.45, 7) is 2.33. The molecule has 2 amide bonds. The smallest absolute Gasteiger partial charge is 0.276 e. The summed E-state index contributed by atoms with van der Waals surface area (Å²) in [6.07, 6.45) is 3.23. The molecule has 0 saturated carbocycles. The predicted octanol–water partition coefficient (Wildman–Crippen LogP) is 3.95. The van der Waals surface area contributed by atoms with Crippen molar-refractivity contribution in [1.82, 2.24) is 10.2 Å². The number of furan rings is 1. The minimum absolute atomic E-state index is 0.175. The number of rotatable bonds is 9. The molecular weight excluding hydrogens is 454 g/mol. The molecule has 3 aromatic rings. The van der Waals surface area contributed by atoms with Crippen molar-refractivity contribution in [3.05, 3.63) is 83.9 Å². The van der Waals surface area contributed by atoms with Gasteiger partial charge in [0.1, 0.15) is 11.5 Å². The number of amides is 2. The van der Waals surface area contributed by atoms with Gasteiger partial charge < -0.3 is 24.5 Å². The summed E-state index contributed by atoms with van der Waals surface area (Å²) in [5.74, 6) is 0.982. The number of para-hydroxylation sites is 1. The van der Waals surface area contributed by atoms with E-state index in [4.69, 9.17) is 26.1 Å². The molecule has 1 fully saturated rings. The lowest BCUT2D eigenvalue weighted by Crippen LogP contribution is -2.29. The number of ether oxygens (including phenoxy) is 2. The van der Waals surface area contributed by atoms with Gasteiger partial charge in [-0.3, -0.25) is 14.5 Å². The number of anilines is 1. The Morgan fingerprint density at radius 3 is 2.68 bits per heavy atom. The Balaban J connectivity index is 1.44. The van der Waals surface area contributed by atoms with Crippen LogP contribution in [-0.4, -0.2) is 35.0 Å². The Bertz CT molecular complexity index is 1210. The van der Waals surface area contributed by atoms with Gasteiger partial charge >= 0.3 is 0 Å². The lowest BCUT2D eigenvalue weighted by atomic mass is 10.1. The van der Waals surface area contributed by atoms with E-state index >= 15 is 0 Å². The maximum absolute atomic E-state index is 12.8. The number of carbonyl (C=O) groups is 2. The second-order valence-corrected chi connectivity index (χ2v) is 7.69. The highest BCUT2D eigenvalue weighted by molar-refractivity contribution is 7.80. The van der Waals surface area contributed by atoms with Crippen LogP contribution in [0.1, 0.15) is 18.2 Å². The quantitative estimate of drug-likeness (QED) is 0.356. The Hall–Kier alpha value is -4.11. The van der Waals surface area contributed by atoms with E-state index in [0.29, 0.717) is 45.9 Å². The van der Waals surface area contributed by atoms with Crippen LogP contribution in [0.15, 0.2) is 77.0 Å². The van der Waals surface area contributed by atoms with Crippen LogP contribution in [0.25, 0.3) is 6.08 Å². The highest BCUT2D eigenvalue weighted by Gasteiger charge is 2.31. The zero-order valence-corrected chi connectivity index (χ0v) is 19.3. The minimum atomic E-state index is -0.286. The zero-order valence-electron chi connectivity index (χ0n) is 18.4. The molecule has 1 saturated heterocycles. The van der Waals surface area contributed by atoms with Gasteiger partial charge in [-0.05, 0) is 67.2 Å². The Morgan fingerprint density at radius 1 is 1.12 bits per heavy atom. The molecule has 0 unspecified atom stereocenters. The molecule has 0 aliphatic carbocycles. The van der Waals surface area contributed by atoms with E-state index in [1.54, 1.807) is 54.8 Å². The zero-order chi connectivity index (χ0) is 23.9. The molecule has 174 valence electrons. The van der Waals surface area contributed by atoms with Crippen molar-refractivity contribution in [3.8, 4) is 11.5 Å². The molecule has 9 heteroatoms. The SMILES string of the molecule is CCOc1cc(/C=C2/NC(=S)N(Cc3ccco3)C2=O)ccc1OCC(=O)Nc1ccccc1. The van der Waals surface area contributed by atoms with Crippen molar-refractivity contribution in [2.24, 2.45) is 0 Å². The fraction of sp³-hybridized carbons (Fsp3) is 0.160. The monoisotopic (exact) mass is 477 g/mol. The van der Waals surface area contributed by atoms with Crippen LogP contribution in [0.4, 0.5) is 5.69 Å². The van der Waals surface area contributed by atoms with E-state index in [0.717, 1.165) is 0 Å². The van der Waals surface area contributed by atoms with Gasteiger partial charge in [-0.15, -0.1) is 0 Å². The first-order chi connectivity index (χ1) is 16.5. The van der Waals surface area contributed by atoms with Gasteiger partial charge in [-0.25, -0.2) is 0 Å². The van der Waals surface area contributed by atoms with Gasteiger partial charge in [0.05, 0.1) is 19.4 Å². The number of nitrogens with one attached hydrogen (secondary N) is 2. The first-order valence-electron chi connectivity index (χ1n) is 10.6. The molecule has 1 aliphatic rings. The fourth-order valence-corrected chi connectivity index (χ4v) is 3.56. The maximum Gasteiger partial charge on any atom is 0.276 e. The summed E-state index contributed by atoms with van der Waals surface area (Å²) >= 11 is 5.31. The topological polar surface area (TPSA) is 93.0 Å². The maximum atomic E-state index is 12.8. The van der Waals surface area contributed by atoms with Gasteiger partial charge in [-0.1, -0.05) is 24.3 Å². The molecule has 2 heterocycles. The van der Waals surface area contributed by atoms with Crippen molar-refractivity contribution in [2.45, 2.75) is 13.5 Å². The van der Waals surface area contributed by atoms with Crippen LogP contribution in [0.5, 0.6) is 11.5 Å². The summed E-state index contributed by atoms with van der Waals surface area (Å²) in [5.41, 5.74) is 1.74. The summed E-state index contributed by atoms with van der Waals surface area (Å²) in [5, 5.41) is 6.02. The second kappa shape index (κ2) is 10.7. The molecule has 34 heavy (non-hydrogen) atoms. The highest BCUT2D eigenvalue weighted by Crippen LogP contribution is 2.30. The molecule has 2 aromatic carbocycles. The van der Waals surface area contributed by atoms with Crippen LogP contribution in [-0.2, 0) is 16.1 Å². The molecule has 0 spiro atoms. The first-order valence-corrected chi connectivity index (χ1v) is 11.1. The normalized spacial score (nSPS) is 14.3. The lowest BCUT2D eigenvalue weighted by Gasteiger charge is -2.13. The van der Waals surface area contributed by atoms with Gasteiger partial charge in [0.2, 0.25) is 0 Å². The molecule has 1 aliphatic heterocycles. The predicted molar refractivity (Wildman–Crippen MR) is 131 cm³/mol. The summed E-state index contributed by atoms with van der Waals surface area (Å²) in [4.78, 5) is 26.5. The number of nitrogens with zero attached hydrogens (tertiary/aromatic N) is 1. The highest BCUT2D eigenvalue weighted by atomic mass is 32.1. The van der Waals surface area contributed by atoms with E-state index in [2.05, 4.69) is 10.6 Å². The third-order valence-electron chi connectivity index (χ3n) is 4.85. The standard InChI is InChI=1S/C25H23N3O5S/c1-2-31-22-14-17(10-11-21(22)33-16-23(29)26-18-7-4-3-5-8-18)13-20-24(30)28(25(34)27-20)15-19-9-6-12-32-19/h3-14H,2,15-16H2,1H3,(H,26,29)(H,27,34)/b20-13+. The van der Waals surface area contributed by atoms with Gasteiger partial charge in [0.25, 0.3) is 11.8 Å². The van der Waals surface area contributed by atoms with Crippen molar-refractivity contribution in [3.63, 3.8) is 0 Å². The van der Waals surface area contributed by atoms with Crippen LogP contribution >= 0.6 is 12.2 Å². The van der Waals surface area contributed by atoms with Crippen LogP contribution < -0.4 is 20.1 Å². The molecule has 0 radical (unpaired) electrons. The number of hydrogen-bond donors (Lipinski definition) is 2. The van der Waals surface area contributed by atoms with Crippen LogP contribution in [0.3, 0.4) is 0 Å².